The summed E-state index contributed by atoms with van der Waals surface area (Å²) in [5.41, 5.74) is 2.59. The molecule has 0 aliphatic heterocycles. The van der Waals surface area contributed by atoms with Crippen molar-refractivity contribution in [3.8, 4) is 5.75 Å². The monoisotopic (exact) mass is 365 g/mol. The number of aryl methyl sites for hydroxylation is 1. The number of nitrogens with zero attached hydrogens (tertiary/aromatic N) is 1. The zero-order valence-corrected chi connectivity index (χ0v) is 15.5. The zero-order valence-electron chi connectivity index (χ0n) is 15.5. The molecular formula is C21H23N3O3. The molecule has 2 aromatic carbocycles. The summed E-state index contributed by atoms with van der Waals surface area (Å²) >= 11 is 0. The largest absolute Gasteiger partial charge is 0.497 e. The lowest BCUT2D eigenvalue weighted by molar-refractivity contribution is -0.136. The van der Waals surface area contributed by atoms with Crippen LogP contribution in [0, 0.1) is 0 Å². The molecule has 3 aromatic rings. The molecule has 0 bridgehead atoms. The Morgan fingerprint density at radius 2 is 1.81 bits per heavy atom. The molecule has 0 atom stereocenters. The van der Waals surface area contributed by atoms with Crippen LogP contribution in [0.4, 0.5) is 5.69 Å². The number of carbonyl (C=O) groups excluding carboxylic acids is 2. The number of fused-ring (bicyclic) bond motifs is 1. The number of anilines is 1. The molecule has 2 amide bonds. The fourth-order valence-corrected chi connectivity index (χ4v) is 2.91. The molecule has 0 aliphatic carbocycles. The fraction of sp³-hybridized carbons (Fsp3) is 0.238. The maximum atomic E-state index is 12.1. The number of carbonyl (C=O) groups is 2. The SMILES string of the molecule is CCCn1ccc2cc(NC(=O)C(=O)NCc3ccc(OC)cc3)ccc21. The Kier molecular flexibility index (Phi) is 5.76. The Morgan fingerprint density at radius 3 is 2.52 bits per heavy atom. The minimum absolute atomic E-state index is 0.273. The third-order valence-corrected chi connectivity index (χ3v) is 4.31. The molecule has 2 N–H and O–H groups in total. The summed E-state index contributed by atoms with van der Waals surface area (Å²) in [5.74, 6) is -0.615. The van der Waals surface area contributed by atoms with E-state index in [-0.39, 0.29) is 6.54 Å². The van der Waals surface area contributed by atoms with E-state index in [9.17, 15) is 9.59 Å². The summed E-state index contributed by atoms with van der Waals surface area (Å²) in [6, 6.07) is 14.9. The molecular weight excluding hydrogens is 342 g/mol. The van der Waals surface area contributed by atoms with Crippen LogP contribution in [0.3, 0.4) is 0 Å². The van der Waals surface area contributed by atoms with E-state index in [1.54, 1.807) is 19.2 Å². The second kappa shape index (κ2) is 8.40. The zero-order chi connectivity index (χ0) is 19.2. The van der Waals surface area contributed by atoms with Crippen LogP contribution in [0.15, 0.2) is 54.7 Å². The van der Waals surface area contributed by atoms with Gasteiger partial charge in [0.25, 0.3) is 0 Å². The maximum absolute atomic E-state index is 12.1. The predicted molar refractivity (Wildman–Crippen MR) is 106 cm³/mol. The number of nitrogens with one attached hydrogen (secondary N) is 2. The van der Waals surface area contributed by atoms with Crippen LogP contribution in [0.5, 0.6) is 5.75 Å². The number of methoxy groups -OCH3 is 1. The Balaban J connectivity index is 1.58. The van der Waals surface area contributed by atoms with E-state index in [4.69, 9.17) is 4.74 Å². The van der Waals surface area contributed by atoms with Crippen molar-refractivity contribution >= 4 is 28.4 Å². The molecule has 6 heteroatoms. The van der Waals surface area contributed by atoms with Gasteiger partial charge in [-0.2, -0.15) is 0 Å². The molecule has 1 heterocycles. The van der Waals surface area contributed by atoms with Crippen molar-refractivity contribution in [1.29, 1.82) is 0 Å². The molecule has 0 aliphatic rings. The lowest BCUT2D eigenvalue weighted by atomic mass is 10.2. The second-order valence-corrected chi connectivity index (χ2v) is 6.27. The molecule has 0 unspecified atom stereocenters. The van der Waals surface area contributed by atoms with Gasteiger partial charge in [-0.1, -0.05) is 19.1 Å². The maximum Gasteiger partial charge on any atom is 0.313 e. The van der Waals surface area contributed by atoms with Gasteiger partial charge >= 0.3 is 11.8 Å². The van der Waals surface area contributed by atoms with Crippen molar-refractivity contribution < 1.29 is 14.3 Å². The lowest BCUT2D eigenvalue weighted by Gasteiger charge is -2.08. The van der Waals surface area contributed by atoms with Gasteiger partial charge < -0.3 is 19.9 Å². The Hall–Kier alpha value is -3.28. The highest BCUT2D eigenvalue weighted by atomic mass is 16.5. The number of aromatic nitrogens is 1. The minimum Gasteiger partial charge on any atom is -0.497 e. The number of hydrogen-bond acceptors (Lipinski definition) is 3. The standard InChI is InChI=1S/C21H23N3O3/c1-3-11-24-12-10-16-13-17(6-9-19(16)24)23-21(26)20(25)22-14-15-4-7-18(27-2)8-5-15/h4-10,12-13H,3,11,14H2,1-2H3,(H,22,25)(H,23,26). The molecule has 6 nitrogen and oxygen atoms in total. The van der Waals surface area contributed by atoms with Gasteiger partial charge in [-0.3, -0.25) is 9.59 Å². The van der Waals surface area contributed by atoms with Crippen LogP contribution >= 0.6 is 0 Å². The fourth-order valence-electron chi connectivity index (χ4n) is 2.91. The van der Waals surface area contributed by atoms with E-state index >= 15 is 0 Å². The van der Waals surface area contributed by atoms with E-state index in [0.29, 0.717) is 5.69 Å². The summed E-state index contributed by atoms with van der Waals surface area (Å²) in [4.78, 5) is 24.2. The Labute approximate surface area is 158 Å². The number of ether oxygens (including phenoxy) is 1. The Morgan fingerprint density at radius 1 is 1.04 bits per heavy atom. The average Bonchev–Trinajstić information content (AvgIpc) is 3.09. The van der Waals surface area contributed by atoms with Crippen molar-refractivity contribution in [1.82, 2.24) is 9.88 Å². The van der Waals surface area contributed by atoms with Crippen LogP contribution < -0.4 is 15.4 Å². The van der Waals surface area contributed by atoms with Gasteiger partial charge in [0.1, 0.15) is 5.75 Å². The van der Waals surface area contributed by atoms with E-state index in [0.717, 1.165) is 35.2 Å². The van der Waals surface area contributed by atoms with Crippen LogP contribution in [-0.2, 0) is 22.7 Å². The average molecular weight is 365 g/mol. The van der Waals surface area contributed by atoms with Crippen LogP contribution in [-0.4, -0.2) is 23.5 Å². The highest BCUT2D eigenvalue weighted by Gasteiger charge is 2.14. The predicted octanol–water partition coefficient (Wildman–Crippen LogP) is 3.31. The molecule has 0 radical (unpaired) electrons. The van der Waals surface area contributed by atoms with Crippen LogP contribution in [0.1, 0.15) is 18.9 Å². The van der Waals surface area contributed by atoms with Gasteiger partial charge in [-0.15, -0.1) is 0 Å². The smallest absolute Gasteiger partial charge is 0.313 e. The van der Waals surface area contributed by atoms with Crippen LogP contribution in [0.25, 0.3) is 10.9 Å². The first-order valence-electron chi connectivity index (χ1n) is 8.91. The van der Waals surface area contributed by atoms with Crippen molar-refractivity contribution in [3.63, 3.8) is 0 Å². The first-order valence-corrected chi connectivity index (χ1v) is 8.91. The molecule has 0 saturated carbocycles. The molecule has 0 spiro atoms. The molecule has 140 valence electrons. The molecule has 1 aromatic heterocycles. The summed E-state index contributed by atoms with van der Waals surface area (Å²) in [7, 11) is 1.59. The van der Waals surface area contributed by atoms with Gasteiger partial charge in [0.2, 0.25) is 0 Å². The van der Waals surface area contributed by atoms with Crippen LogP contribution in [0.2, 0.25) is 0 Å². The summed E-state index contributed by atoms with van der Waals surface area (Å²) in [6.45, 7) is 3.35. The molecule has 3 rings (SSSR count). The van der Waals surface area contributed by atoms with Crippen molar-refractivity contribution in [2.24, 2.45) is 0 Å². The number of amides is 2. The number of hydrogen-bond donors (Lipinski definition) is 2. The minimum atomic E-state index is -0.684. The van der Waals surface area contributed by atoms with Gasteiger partial charge in [-0.25, -0.2) is 0 Å². The van der Waals surface area contributed by atoms with Gasteiger partial charge in [-0.05, 0) is 48.4 Å². The first kappa shape index (κ1) is 18.5. The van der Waals surface area contributed by atoms with Crippen molar-refractivity contribution in [2.45, 2.75) is 26.4 Å². The Bertz CT molecular complexity index is 945. The lowest BCUT2D eigenvalue weighted by Crippen LogP contribution is -2.34. The van der Waals surface area contributed by atoms with Gasteiger partial charge in [0.15, 0.2) is 0 Å². The highest BCUT2D eigenvalue weighted by molar-refractivity contribution is 6.39. The number of benzene rings is 2. The molecule has 0 saturated heterocycles. The molecule has 27 heavy (non-hydrogen) atoms. The third-order valence-electron chi connectivity index (χ3n) is 4.31. The molecule has 0 fully saturated rings. The van der Waals surface area contributed by atoms with Crippen molar-refractivity contribution in [3.05, 3.63) is 60.3 Å². The quantitative estimate of drug-likeness (QED) is 0.658. The topological polar surface area (TPSA) is 72.4 Å². The van der Waals surface area contributed by atoms with E-state index < -0.39 is 11.8 Å². The number of rotatable bonds is 6. The second-order valence-electron chi connectivity index (χ2n) is 6.27. The highest BCUT2D eigenvalue weighted by Crippen LogP contribution is 2.21. The van der Waals surface area contributed by atoms with E-state index in [1.807, 2.05) is 42.6 Å². The summed E-state index contributed by atoms with van der Waals surface area (Å²) < 4.78 is 7.26. The van der Waals surface area contributed by atoms with Gasteiger partial charge in [0.05, 0.1) is 7.11 Å². The summed E-state index contributed by atoms with van der Waals surface area (Å²) in [5, 5.41) is 6.30. The first-order chi connectivity index (χ1) is 13.1. The van der Waals surface area contributed by atoms with E-state index in [1.165, 1.54) is 0 Å². The normalized spacial score (nSPS) is 10.6. The summed E-state index contributed by atoms with van der Waals surface area (Å²) in [6.07, 6.45) is 3.08. The van der Waals surface area contributed by atoms with E-state index in [2.05, 4.69) is 22.1 Å². The third kappa shape index (κ3) is 4.47. The van der Waals surface area contributed by atoms with Gasteiger partial charge in [0, 0.05) is 35.9 Å². The van der Waals surface area contributed by atoms with Crippen molar-refractivity contribution in [2.75, 3.05) is 12.4 Å².